The van der Waals surface area contributed by atoms with E-state index in [1.807, 2.05) is 6.07 Å². The number of benzene rings is 2. The molecule has 1 aliphatic heterocycles. The van der Waals surface area contributed by atoms with Crippen LogP contribution in [-0.2, 0) is 9.63 Å². The van der Waals surface area contributed by atoms with Gasteiger partial charge in [-0.25, -0.2) is 4.79 Å². The van der Waals surface area contributed by atoms with E-state index in [1.165, 1.54) is 23.0 Å². The highest BCUT2D eigenvalue weighted by Gasteiger charge is 2.40. The molecule has 1 unspecified atom stereocenters. The van der Waals surface area contributed by atoms with Crippen molar-refractivity contribution in [3.63, 3.8) is 0 Å². The Hall–Kier alpha value is -3.74. The molecule has 1 atom stereocenters. The van der Waals surface area contributed by atoms with Gasteiger partial charge in [0.25, 0.3) is 11.8 Å². The Labute approximate surface area is 148 Å². The van der Waals surface area contributed by atoms with E-state index in [2.05, 4.69) is 5.10 Å². The van der Waals surface area contributed by atoms with Crippen LogP contribution < -0.4 is 0 Å². The van der Waals surface area contributed by atoms with Gasteiger partial charge < -0.3 is 4.84 Å². The Morgan fingerprint density at radius 2 is 1.50 bits per heavy atom. The highest BCUT2D eigenvalue weighted by Crippen LogP contribution is 2.25. The molecule has 128 valence electrons. The van der Waals surface area contributed by atoms with E-state index >= 15 is 0 Å². The second-order valence-electron chi connectivity index (χ2n) is 5.66. The van der Waals surface area contributed by atoms with Crippen molar-refractivity contribution in [1.82, 2.24) is 14.8 Å². The number of carbonyl (C=O) groups excluding carboxylic acids is 3. The van der Waals surface area contributed by atoms with Crippen LogP contribution in [0.3, 0.4) is 0 Å². The number of amides is 2. The maximum Gasteiger partial charge on any atom is 0.362 e. The summed E-state index contributed by atoms with van der Waals surface area (Å²) in [7, 11) is 0. The third kappa shape index (κ3) is 2.55. The van der Waals surface area contributed by atoms with E-state index in [-0.39, 0.29) is 11.1 Å². The first-order chi connectivity index (χ1) is 12.7. The molecule has 0 N–H and O–H groups in total. The van der Waals surface area contributed by atoms with Gasteiger partial charge in [-0.3, -0.25) is 14.3 Å². The number of imide groups is 1. The van der Waals surface area contributed by atoms with Gasteiger partial charge in [0.1, 0.15) is 0 Å². The summed E-state index contributed by atoms with van der Waals surface area (Å²) in [5, 5.41) is 4.60. The maximum atomic E-state index is 12.8. The third-order valence-corrected chi connectivity index (χ3v) is 4.07. The molecule has 0 fully saturated rings. The number of fused-ring (bicyclic) bond motifs is 1. The first-order valence-corrected chi connectivity index (χ1v) is 7.90. The molecule has 1 aliphatic rings. The second kappa shape index (κ2) is 6.29. The summed E-state index contributed by atoms with van der Waals surface area (Å²) in [6.07, 6.45) is 3.15. The molecule has 0 saturated heterocycles. The molecule has 0 aliphatic carbocycles. The molecule has 2 aromatic carbocycles. The normalized spacial score (nSPS) is 14.2. The molecule has 0 radical (unpaired) electrons. The molecule has 0 bridgehead atoms. The van der Waals surface area contributed by atoms with Crippen LogP contribution in [0.2, 0.25) is 0 Å². The van der Waals surface area contributed by atoms with Crippen molar-refractivity contribution in [3.05, 3.63) is 89.7 Å². The minimum absolute atomic E-state index is 0.209. The predicted octanol–water partition coefficient (Wildman–Crippen LogP) is 2.23. The first kappa shape index (κ1) is 15.8. The smallest absolute Gasteiger partial charge is 0.327 e. The third-order valence-electron chi connectivity index (χ3n) is 4.07. The molecule has 4 rings (SSSR count). The van der Waals surface area contributed by atoms with E-state index in [4.69, 9.17) is 4.84 Å². The van der Waals surface area contributed by atoms with E-state index in [0.717, 1.165) is 0 Å². The number of carbonyl (C=O) groups is 3. The molecule has 3 aromatic rings. The molecule has 1 aromatic heterocycles. The molecule has 7 nitrogen and oxygen atoms in total. The number of hydrogen-bond donors (Lipinski definition) is 0. The molecular formula is C19H13N3O4. The van der Waals surface area contributed by atoms with Gasteiger partial charge in [-0.1, -0.05) is 47.5 Å². The molecule has 2 amide bonds. The fraction of sp³-hybridized carbons (Fsp3) is 0.0526. The molecule has 26 heavy (non-hydrogen) atoms. The van der Waals surface area contributed by atoms with Crippen molar-refractivity contribution in [2.45, 2.75) is 6.04 Å². The van der Waals surface area contributed by atoms with Crippen molar-refractivity contribution in [1.29, 1.82) is 0 Å². The fourth-order valence-corrected chi connectivity index (χ4v) is 2.86. The zero-order chi connectivity index (χ0) is 18.1. The average Bonchev–Trinajstić information content (AvgIpc) is 3.27. The molecule has 0 saturated carbocycles. The Kier molecular flexibility index (Phi) is 3.81. The van der Waals surface area contributed by atoms with Crippen LogP contribution in [0.25, 0.3) is 0 Å². The van der Waals surface area contributed by atoms with Crippen LogP contribution in [0.4, 0.5) is 0 Å². The van der Waals surface area contributed by atoms with Gasteiger partial charge in [-0.05, 0) is 23.8 Å². The summed E-state index contributed by atoms with van der Waals surface area (Å²) < 4.78 is 1.41. The Morgan fingerprint density at radius 1 is 0.885 bits per heavy atom. The van der Waals surface area contributed by atoms with Gasteiger partial charge in [0.2, 0.25) is 0 Å². The van der Waals surface area contributed by atoms with Crippen molar-refractivity contribution in [2.24, 2.45) is 0 Å². The lowest BCUT2D eigenvalue weighted by Gasteiger charge is -2.19. The lowest BCUT2D eigenvalue weighted by atomic mass is 10.1. The Bertz CT molecular complexity index is 948. The van der Waals surface area contributed by atoms with Crippen LogP contribution in [-0.4, -0.2) is 32.6 Å². The molecular weight excluding hydrogens is 334 g/mol. The predicted molar refractivity (Wildman–Crippen MR) is 89.8 cm³/mol. The summed E-state index contributed by atoms with van der Waals surface area (Å²) in [6.45, 7) is 0. The SMILES string of the molecule is O=C(ON1C(=O)c2ccccc2C1=O)C(c1ccccc1)n1cccn1. The largest absolute Gasteiger partial charge is 0.362 e. The quantitative estimate of drug-likeness (QED) is 0.676. The highest BCUT2D eigenvalue weighted by atomic mass is 16.7. The molecule has 0 spiro atoms. The molecule has 2 heterocycles. The average molecular weight is 347 g/mol. The van der Waals surface area contributed by atoms with E-state index in [9.17, 15) is 14.4 Å². The van der Waals surface area contributed by atoms with Gasteiger partial charge in [0, 0.05) is 12.4 Å². The van der Waals surface area contributed by atoms with E-state index in [0.29, 0.717) is 10.6 Å². The van der Waals surface area contributed by atoms with Crippen LogP contribution in [0, 0.1) is 0 Å². The summed E-state index contributed by atoms with van der Waals surface area (Å²) in [5.41, 5.74) is 1.04. The van der Waals surface area contributed by atoms with E-state index in [1.54, 1.807) is 48.7 Å². The number of rotatable bonds is 4. The van der Waals surface area contributed by atoms with Crippen LogP contribution >= 0.6 is 0 Å². The van der Waals surface area contributed by atoms with Crippen LogP contribution in [0.5, 0.6) is 0 Å². The number of hydrogen-bond acceptors (Lipinski definition) is 5. The zero-order valence-corrected chi connectivity index (χ0v) is 13.5. The standard InChI is InChI=1S/C19H13N3O4/c23-17-14-9-4-5-10-15(14)18(24)22(17)26-19(25)16(21-12-6-11-20-21)13-7-2-1-3-8-13/h1-12,16H. The Balaban J connectivity index is 1.64. The van der Waals surface area contributed by atoms with Crippen molar-refractivity contribution in [3.8, 4) is 0 Å². The van der Waals surface area contributed by atoms with Crippen molar-refractivity contribution >= 4 is 17.8 Å². The topological polar surface area (TPSA) is 81.5 Å². The van der Waals surface area contributed by atoms with Gasteiger partial charge in [-0.15, -0.1) is 0 Å². The minimum atomic E-state index is -0.921. The lowest BCUT2D eigenvalue weighted by Crippen LogP contribution is -2.36. The van der Waals surface area contributed by atoms with E-state index < -0.39 is 23.8 Å². The summed E-state index contributed by atoms with van der Waals surface area (Å²) >= 11 is 0. The first-order valence-electron chi connectivity index (χ1n) is 7.90. The van der Waals surface area contributed by atoms with Gasteiger partial charge in [0.15, 0.2) is 6.04 Å². The summed E-state index contributed by atoms with van der Waals surface area (Å²) in [6, 6.07) is 15.9. The van der Waals surface area contributed by atoms with Crippen molar-refractivity contribution in [2.75, 3.05) is 0 Å². The van der Waals surface area contributed by atoms with Crippen LogP contribution in [0.1, 0.15) is 32.3 Å². The van der Waals surface area contributed by atoms with Gasteiger partial charge >= 0.3 is 5.97 Å². The van der Waals surface area contributed by atoms with Crippen LogP contribution in [0.15, 0.2) is 73.1 Å². The summed E-state index contributed by atoms with van der Waals surface area (Å²) in [4.78, 5) is 42.8. The highest BCUT2D eigenvalue weighted by molar-refractivity contribution is 6.20. The zero-order valence-electron chi connectivity index (χ0n) is 13.5. The van der Waals surface area contributed by atoms with Gasteiger partial charge in [-0.2, -0.15) is 5.10 Å². The number of aromatic nitrogens is 2. The molecule has 7 heteroatoms. The second-order valence-corrected chi connectivity index (χ2v) is 5.66. The van der Waals surface area contributed by atoms with Crippen molar-refractivity contribution < 1.29 is 19.2 Å². The number of nitrogens with zero attached hydrogens (tertiary/aromatic N) is 3. The number of hydroxylamine groups is 2. The maximum absolute atomic E-state index is 12.8. The lowest BCUT2D eigenvalue weighted by molar-refractivity contribution is -0.171. The monoisotopic (exact) mass is 347 g/mol. The van der Waals surface area contributed by atoms with Gasteiger partial charge in [0.05, 0.1) is 11.1 Å². The summed E-state index contributed by atoms with van der Waals surface area (Å²) in [5.74, 6) is -2.10. The Morgan fingerprint density at radius 3 is 2.08 bits per heavy atom. The minimum Gasteiger partial charge on any atom is -0.327 e. The fourth-order valence-electron chi connectivity index (χ4n) is 2.86.